The van der Waals surface area contributed by atoms with Crippen molar-refractivity contribution in [2.75, 3.05) is 26.2 Å². The van der Waals surface area contributed by atoms with Gasteiger partial charge in [-0.1, -0.05) is 0 Å². The van der Waals surface area contributed by atoms with Crippen LogP contribution in [-0.4, -0.2) is 70.6 Å². The van der Waals surface area contributed by atoms with E-state index >= 15 is 0 Å². The molecule has 0 bridgehead atoms. The third kappa shape index (κ3) is 5.49. The summed E-state index contributed by atoms with van der Waals surface area (Å²) in [5.41, 5.74) is -1.46. The Morgan fingerprint density at radius 1 is 1.24 bits per heavy atom. The fourth-order valence-corrected chi connectivity index (χ4v) is 3.34. The molecule has 25 heavy (non-hydrogen) atoms. The molecule has 2 rings (SSSR count). The van der Waals surface area contributed by atoms with E-state index < -0.39 is 11.2 Å². The number of aliphatic hydroxyl groups is 1. The van der Waals surface area contributed by atoms with Crippen molar-refractivity contribution in [2.24, 2.45) is 5.92 Å². The van der Waals surface area contributed by atoms with E-state index in [0.717, 1.165) is 19.3 Å². The van der Waals surface area contributed by atoms with Gasteiger partial charge >= 0.3 is 12.2 Å². The molecule has 0 saturated carbocycles. The molecule has 2 saturated heterocycles. The number of amides is 2. The number of rotatable bonds is 4. The molecular weight excluding hydrogens is 324 g/mol. The zero-order valence-electron chi connectivity index (χ0n) is 16.1. The van der Waals surface area contributed by atoms with Gasteiger partial charge in [-0.15, -0.1) is 0 Å². The minimum atomic E-state index is -0.980. The van der Waals surface area contributed by atoms with Crippen LogP contribution in [0.1, 0.15) is 53.9 Å². The topological polar surface area (TPSA) is 79.3 Å². The number of piperidine rings is 1. The quantitative estimate of drug-likeness (QED) is 0.838. The maximum Gasteiger partial charge on any atom is 0.410 e. The molecule has 1 unspecified atom stereocenters. The number of ether oxygens (including phenoxy) is 2. The van der Waals surface area contributed by atoms with Gasteiger partial charge in [-0.05, 0) is 59.8 Å². The average molecular weight is 356 g/mol. The number of nitrogens with zero attached hydrogens (tertiary/aromatic N) is 2. The second-order valence-corrected chi connectivity index (χ2v) is 8.64. The van der Waals surface area contributed by atoms with Crippen LogP contribution in [0, 0.1) is 5.92 Å². The Labute approximate surface area is 150 Å². The van der Waals surface area contributed by atoms with Crippen LogP contribution in [-0.2, 0) is 9.47 Å². The van der Waals surface area contributed by atoms with E-state index in [1.54, 1.807) is 23.6 Å². The molecule has 2 amide bonds. The molecule has 0 spiro atoms. The van der Waals surface area contributed by atoms with Crippen LogP contribution in [0.5, 0.6) is 0 Å². The molecule has 0 aliphatic carbocycles. The Bertz CT molecular complexity index is 487. The smallest absolute Gasteiger partial charge is 0.410 e. The van der Waals surface area contributed by atoms with Gasteiger partial charge in [0.2, 0.25) is 0 Å². The standard InChI is InChI=1S/C18H32N2O5/c1-17(2,3)25-15(21)19-9-6-13(7-10-19)8-11-20-14(18(4,5)23)12-24-16(20)22/h13-14,23H,6-12H2,1-5H3. The number of cyclic esters (lactones) is 1. The molecular formula is C18H32N2O5. The van der Waals surface area contributed by atoms with E-state index in [-0.39, 0.29) is 24.8 Å². The molecule has 0 radical (unpaired) electrons. The van der Waals surface area contributed by atoms with Crippen molar-refractivity contribution in [3.05, 3.63) is 0 Å². The van der Waals surface area contributed by atoms with Gasteiger partial charge in [0.25, 0.3) is 0 Å². The summed E-state index contributed by atoms with van der Waals surface area (Å²) in [6.07, 6.45) is 2.04. The lowest BCUT2D eigenvalue weighted by atomic mass is 9.92. The van der Waals surface area contributed by atoms with E-state index in [2.05, 4.69) is 0 Å². The molecule has 2 heterocycles. The average Bonchev–Trinajstić information content (AvgIpc) is 2.85. The van der Waals surface area contributed by atoms with Crippen molar-refractivity contribution in [3.8, 4) is 0 Å². The molecule has 1 atom stereocenters. The Balaban J connectivity index is 1.78. The summed E-state index contributed by atoms with van der Waals surface area (Å²) in [5.74, 6) is 0.453. The predicted molar refractivity (Wildman–Crippen MR) is 93.3 cm³/mol. The highest BCUT2D eigenvalue weighted by molar-refractivity contribution is 5.70. The van der Waals surface area contributed by atoms with Gasteiger partial charge < -0.3 is 19.5 Å². The van der Waals surface area contributed by atoms with Crippen LogP contribution >= 0.6 is 0 Å². The van der Waals surface area contributed by atoms with Crippen molar-refractivity contribution < 1.29 is 24.2 Å². The third-order valence-corrected chi connectivity index (χ3v) is 4.84. The summed E-state index contributed by atoms with van der Waals surface area (Å²) >= 11 is 0. The summed E-state index contributed by atoms with van der Waals surface area (Å²) in [6.45, 7) is 11.2. The summed E-state index contributed by atoms with van der Waals surface area (Å²) in [5, 5.41) is 10.2. The van der Waals surface area contributed by atoms with Gasteiger partial charge in [-0.25, -0.2) is 9.59 Å². The first-order valence-electron chi connectivity index (χ1n) is 9.11. The first-order valence-corrected chi connectivity index (χ1v) is 9.11. The van der Waals surface area contributed by atoms with Crippen molar-refractivity contribution in [1.29, 1.82) is 0 Å². The number of likely N-dealkylation sites (tertiary alicyclic amines) is 1. The predicted octanol–water partition coefficient (Wildman–Crippen LogP) is 2.62. The largest absolute Gasteiger partial charge is 0.447 e. The highest BCUT2D eigenvalue weighted by Gasteiger charge is 2.42. The van der Waals surface area contributed by atoms with E-state index in [9.17, 15) is 14.7 Å². The summed E-state index contributed by atoms with van der Waals surface area (Å²) in [7, 11) is 0. The van der Waals surface area contributed by atoms with Gasteiger partial charge in [0.1, 0.15) is 12.2 Å². The summed E-state index contributed by atoms with van der Waals surface area (Å²) < 4.78 is 10.5. The van der Waals surface area contributed by atoms with Crippen LogP contribution < -0.4 is 0 Å². The SMILES string of the molecule is CC(C)(C)OC(=O)N1CCC(CCN2C(=O)OCC2C(C)(C)O)CC1. The Hall–Kier alpha value is -1.50. The maximum atomic E-state index is 12.1. The van der Waals surface area contributed by atoms with Crippen LogP contribution in [0.2, 0.25) is 0 Å². The van der Waals surface area contributed by atoms with Crippen LogP contribution in [0.25, 0.3) is 0 Å². The van der Waals surface area contributed by atoms with Crippen molar-refractivity contribution in [3.63, 3.8) is 0 Å². The minimum absolute atomic E-state index is 0.236. The molecule has 2 aliphatic heterocycles. The van der Waals surface area contributed by atoms with E-state index in [4.69, 9.17) is 9.47 Å². The van der Waals surface area contributed by atoms with Crippen LogP contribution in [0.15, 0.2) is 0 Å². The molecule has 1 N–H and O–H groups in total. The van der Waals surface area contributed by atoms with Crippen molar-refractivity contribution in [1.82, 2.24) is 9.80 Å². The lowest BCUT2D eigenvalue weighted by Gasteiger charge is -2.35. The van der Waals surface area contributed by atoms with Crippen LogP contribution in [0.3, 0.4) is 0 Å². The Morgan fingerprint density at radius 2 is 1.84 bits per heavy atom. The molecule has 0 aromatic rings. The second-order valence-electron chi connectivity index (χ2n) is 8.64. The first-order chi connectivity index (χ1) is 11.5. The molecule has 144 valence electrons. The third-order valence-electron chi connectivity index (χ3n) is 4.84. The van der Waals surface area contributed by atoms with Crippen molar-refractivity contribution in [2.45, 2.75) is 71.1 Å². The monoisotopic (exact) mass is 356 g/mol. The zero-order valence-corrected chi connectivity index (χ0v) is 16.1. The number of hydrogen-bond donors (Lipinski definition) is 1. The van der Waals surface area contributed by atoms with Gasteiger partial charge in [-0.3, -0.25) is 4.90 Å². The molecule has 2 fully saturated rings. The van der Waals surface area contributed by atoms with E-state index in [1.165, 1.54) is 0 Å². The zero-order chi connectivity index (χ0) is 18.8. The van der Waals surface area contributed by atoms with Gasteiger partial charge in [0.15, 0.2) is 0 Å². The second kappa shape index (κ2) is 7.40. The number of carbonyl (C=O) groups excluding carboxylic acids is 2. The Morgan fingerprint density at radius 3 is 2.36 bits per heavy atom. The molecule has 2 aliphatic rings. The Kier molecular flexibility index (Phi) is 5.86. The molecule has 0 aromatic heterocycles. The molecule has 7 heteroatoms. The van der Waals surface area contributed by atoms with E-state index in [1.807, 2.05) is 20.8 Å². The highest BCUT2D eigenvalue weighted by atomic mass is 16.6. The maximum absolute atomic E-state index is 12.1. The van der Waals surface area contributed by atoms with E-state index in [0.29, 0.717) is 25.6 Å². The fraction of sp³-hybridized carbons (Fsp3) is 0.889. The fourth-order valence-electron chi connectivity index (χ4n) is 3.34. The lowest BCUT2D eigenvalue weighted by Crippen LogP contribution is -2.49. The van der Waals surface area contributed by atoms with Crippen molar-refractivity contribution >= 4 is 12.2 Å². The van der Waals surface area contributed by atoms with Gasteiger partial charge in [0, 0.05) is 19.6 Å². The number of hydrogen-bond acceptors (Lipinski definition) is 5. The van der Waals surface area contributed by atoms with Gasteiger partial charge in [-0.2, -0.15) is 0 Å². The number of carbonyl (C=O) groups is 2. The molecule has 7 nitrogen and oxygen atoms in total. The first kappa shape index (κ1) is 19.8. The highest BCUT2D eigenvalue weighted by Crippen LogP contribution is 2.27. The lowest BCUT2D eigenvalue weighted by molar-refractivity contribution is 0.00419. The normalized spacial score (nSPS) is 23.0. The molecule has 0 aromatic carbocycles. The van der Waals surface area contributed by atoms with Gasteiger partial charge in [0.05, 0.1) is 11.6 Å². The van der Waals surface area contributed by atoms with Crippen LogP contribution in [0.4, 0.5) is 9.59 Å². The minimum Gasteiger partial charge on any atom is -0.447 e. The summed E-state index contributed by atoms with van der Waals surface area (Å²) in [4.78, 5) is 27.4. The summed E-state index contributed by atoms with van der Waals surface area (Å²) in [6, 6.07) is -0.304.